The summed E-state index contributed by atoms with van der Waals surface area (Å²) in [5, 5.41) is 0.830. The van der Waals surface area contributed by atoms with Crippen LogP contribution in [0.4, 0.5) is 8.78 Å². The van der Waals surface area contributed by atoms with Gasteiger partial charge in [-0.15, -0.1) is 0 Å². The number of hydrogen-bond donors (Lipinski definition) is 0. The van der Waals surface area contributed by atoms with Crippen LogP contribution in [0, 0.1) is 11.6 Å². The van der Waals surface area contributed by atoms with E-state index < -0.39 is 26.6 Å². The molecular formula is C20H19F2N3O3S. The van der Waals surface area contributed by atoms with Crippen LogP contribution >= 0.6 is 0 Å². The molecule has 0 unspecified atom stereocenters. The number of piperazine rings is 1. The SMILES string of the molecule is Cn1cc(C(=O)N2CCN(S(=O)(=O)c3cc(F)ccc3F)CC2)c2ccccc21. The van der Waals surface area contributed by atoms with E-state index in [0.717, 1.165) is 27.3 Å². The van der Waals surface area contributed by atoms with Gasteiger partial charge in [0.1, 0.15) is 16.5 Å². The molecule has 0 aliphatic carbocycles. The predicted molar refractivity (Wildman–Crippen MR) is 104 cm³/mol. The number of hydrogen-bond acceptors (Lipinski definition) is 3. The smallest absolute Gasteiger partial charge is 0.256 e. The van der Waals surface area contributed by atoms with E-state index in [1.807, 2.05) is 35.9 Å². The number of sulfonamides is 1. The maximum atomic E-state index is 14.0. The molecule has 0 N–H and O–H groups in total. The van der Waals surface area contributed by atoms with Crippen LogP contribution in [0.15, 0.2) is 53.6 Å². The van der Waals surface area contributed by atoms with Crippen LogP contribution in [-0.2, 0) is 17.1 Å². The maximum absolute atomic E-state index is 14.0. The van der Waals surface area contributed by atoms with Gasteiger partial charge in [-0.05, 0) is 24.3 Å². The lowest BCUT2D eigenvalue weighted by molar-refractivity contribution is 0.0699. The molecule has 0 bridgehead atoms. The number of nitrogens with zero attached hydrogens (tertiary/aromatic N) is 3. The van der Waals surface area contributed by atoms with Crippen LogP contribution in [0.25, 0.3) is 10.9 Å². The second-order valence-corrected chi connectivity index (χ2v) is 8.85. The number of benzene rings is 2. The van der Waals surface area contributed by atoms with Crippen molar-refractivity contribution >= 4 is 26.8 Å². The van der Waals surface area contributed by atoms with E-state index in [0.29, 0.717) is 11.6 Å². The third kappa shape index (κ3) is 3.40. The first kappa shape index (κ1) is 19.5. The van der Waals surface area contributed by atoms with Crippen molar-refractivity contribution in [3.8, 4) is 0 Å². The van der Waals surface area contributed by atoms with Crippen LogP contribution in [0.1, 0.15) is 10.4 Å². The second-order valence-electron chi connectivity index (χ2n) is 6.94. The molecule has 1 saturated heterocycles. The molecule has 1 aliphatic rings. The Hall–Kier alpha value is -2.78. The van der Waals surface area contributed by atoms with E-state index in [2.05, 4.69) is 0 Å². The highest BCUT2D eigenvalue weighted by atomic mass is 32.2. The Labute approximate surface area is 167 Å². The summed E-state index contributed by atoms with van der Waals surface area (Å²) in [5.41, 5.74) is 1.48. The number of para-hydroxylation sites is 1. The van der Waals surface area contributed by atoms with Gasteiger partial charge in [-0.3, -0.25) is 4.79 Å². The summed E-state index contributed by atoms with van der Waals surface area (Å²) in [6, 6.07) is 9.89. The predicted octanol–water partition coefficient (Wildman–Crippen LogP) is 2.60. The number of fused-ring (bicyclic) bond motifs is 1. The number of carbonyl (C=O) groups is 1. The number of rotatable bonds is 3. The Bertz CT molecular complexity index is 1200. The number of carbonyl (C=O) groups excluding carboxylic acids is 1. The minimum Gasteiger partial charge on any atom is -0.350 e. The summed E-state index contributed by atoms with van der Waals surface area (Å²) in [6.45, 7) is 0.347. The van der Waals surface area contributed by atoms with Crippen molar-refractivity contribution < 1.29 is 22.0 Å². The molecule has 6 nitrogen and oxygen atoms in total. The van der Waals surface area contributed by atoms with E-state index >= 15 is 0 Å². The third-order valence-corrected chi connectivity index (χ3v) is 7.08. The molecule has 1 fully saturated rings. The van der Waals surface area contributed by atoms with Crippen molar-refractivity contribution in [3.05, 3.63) is 65.9 Å². The molecule has 0 radical (unpaired) electrons. The van der Waals surface area contributed by atoms with Crippen LogP contribution in [0.3, 0.4) is 0 Å². The van der Waals surface area contributed by atoms with Crippen LogP contribution < -0.4 is 0 Å². The Morgan fingerprint density at radius 3 is 2.41 bits per heavy atom. The lowest BCUT2D eigenvalue weighted by atomic mass is 10.1. The number of aryl methyl sites for hydroxylation is 1. The van der Waals surface area contributed by atoms with Gasteiger partial charge < -0.3 is 9.47 Å². The van der Waals surface area contributed by atoms with Gasteiger partial charge in [-0.2, -0.15) is 4.31 Å². The van der Waals surface area contributed by atoms with Crippen molar-refractivity contribution in [1.29, 1.82) is 0 Å². The summed E-state index contributed by atoms with van der Waals surface area (Å²) in [7, 11) is -2.32. The molecule has 0 saturated carbocycles. The molecule has 0 spiro atoms. The molecule has 29 heavy (non-hydrogen) atoms. The number of halogens is 2. The largest absolute Gasteiger partial charge is 0.350 e. The minimum absolute atomic E-state index is 0.00872. The summed E-state index contributed by atoms with van der Waals surface area (Å²) in [6.07, 6.45) is 1.76. The first-order valence-electron chi connectivity index (χ1n) is 9.07. The lowest BCUT2D eigenvalue weighted by Gasteiger charge is -2.34. The molecule has 9 heteroatoms. The van der Waals surface area contributed by atoms with Crippen LogP contribution in [-0.4, -0.2) is 54.3 Å². The van der Waals surface area contributed by atoms with Gasteiger partial charge in [0.05, 0.1) is 5.56 Å². The summed E-state index contributed by atoms with van der Waals surface area (Å²) in [5.74, 6) is -2.01. The molecular weight excluding hydrogens is 400 g/mol. The van der Waals surface area contributed by atoms with Gasteiger partial charge >= 0.3 is 0 Å². The van der Waals surface area contributed by atoms with Crippen molar-refractivity contribution in [1.82, 2.24) is 13.8 Å². The molecule has 4 rings (SSSR count). The van der Waals surface area contributed by atoms with E-state index in [-0.39, 0.29) is 32.1 Å². The fraction of sp³-hybridized carbons (Fsp3) is 0.250. The summed E-state index contributed by atoms with van der Waals surface area (Å²) >= 11 is 0. The molecule has 3 aromatic rings. The fourth-order valence-corrected chi connectivity index (χ4v) is 5.13. The first-order chi connectivity index (χ1) is 13.8. The van der Waals surface area contributed by atoms with Crippen LogP contribution in [0.5, 0.6) is 0 Å². The molecule has 1 aromatic heterocycles. The zero-order valence-corrected chi connectivity index (χ0v) is 16.5. The number of aromatic nitrogens is 1. The molecule has 0 atom stereocenters. The average molecular weight is 419 g/mol. The van der Waals surface area contributed by atoms with Crippen molar-refractivity contribution in [2.75, 3.05) is 26.2 Å². The van der Waals surface area contributed by atoms with Gasteiger partial charge in [0.15, 0.2) is 0 Å². The fourth-order valence-electron chi connectivity index (χ4n) is 3.63. The zero-order chi connectivity index (χ0) is 20.8. The van der Waals surface area contributed by atoms with E-state index in [9.17, 15) is 22.0 Å². The Morgan fingerprint density at radius 2 is 1.69 bits per heavy atom. The highest BCUT2D eigenvalue weighted by Gasteiger charge is 2.33. The normalized spacial score (nSPS) is 15.8. The van der Waals surface area contributed by atoms with Crippen LogP contribution in [0.2, 0.25) is 0 Å². The molecule has 2 heterocycles. The highest BCUT2D eigenvalue weighted by molar-refractivity contribution is 7.89. The topological polar surface area (TPSA) is 62.6 Å². The monoisotopic (exact) mass is 419 g/mol. The molecule has 2 aromatic carbocycles. The van der Waals surface area contributed by atoms with E-state index in [1.165, 1.54) is 0 Å². The standard InChI is InChI=1S/C20H19F2N3O3S/c1-23-13-16(15-4-2-3-5-18(15)23)20(26)24-8-10-25(11-9-24)29(27,28)19-12-14(21)6-7-17(19)22/h2-7,12-13H,8-11H2,1H3. The van der Waals surface area contributed by atoms with Gasteiger partial charge in [-0.1, -0.05) is 18.2 Å². The maximum Gasteiger partial charge on any atom is 0.256 e. The summed E-state index contributed by atoms with van der Waals surface area (Å²) in [4.78, 5) is 13.9. The van der Waals surface area contributed by atoms with Gasteiger partial charge in [-0.25, -0.2) is 17.2 Å². The molecule has 152 valence electrons. The number of amides is 1. The first-order valence-corrected chi connectivity index (χ1v) is 10.5. The Morgan fingerprint density at radius 1 is 1.00 bits per heavy atom. The van der Waals surface area contributed by atoms with E-state index in [4.69, 9.17) is 0 Å². The van der Waals surface area contributed by atoms with Gasteiger partial charge in [0.25, 0.3) is 5.91 Å². The third-order valence-electron chi connectivity index (χ3n) is 5.16. The lowest BCUT2D eigenvalue weighted by Crippen LogP contribution is -2.50. The minimum atomic E-state index is -4.18. The molecule has 1 aliphatic heterocycles. The van der Waals surface area contributed by atoms with Crippen molar-refractivity contribution in [3.63, 3.8) is 0 Å². The molecule has 1 amide bonds. The Kier molecular flexibility index (Phi) is 4.87. The summed E-state index contributed by atoms with van der Waals surface area (Å²) < 4.78 is 55.7. The van der Waals surface area contributed by atoms with Gasteiger partial charge in [0, 0.05) is 50.3 Å². The Balaban J connectivity index is 1.53. The zero-order valence-electron chi connectivity index (χ0n) is 15.7. The van der Waals surface area contributed by atoms with E-state index in [1.54, 1.807) is 11.1 Å². The van der Waals surface area contributed by atoms with Crippen molar-refractivity contribution in [2.24, 2.45) is 7.05 Å². The van der Waals surface area contributed by atoms with Crippen molar-refractivity contribution in [2.45, 2.75) is 4.90 Å². The second kappa shape index (κ2) is 7.23. The van der Waals surface area contributed by atoms with Gasteiger partial charge in [0.2, 0.25) is 10.0 Å². The highest BCUT2D eigenvalue weighted by Crippen LogP contribution is 2.24. The quantitative estimate of drug-likeness (QED) is 0.656. The average Bonchev–Trinajstić information content (AvgIpc) is 3.06.